The number of fused-ring (bicyclic) bond motifs is 1. The van der Waals surface area contributed by atoms with Crippen molar-refractivity contribution in [3.05, 3.63) is 46.0 Å². The largest absolute Gasteiger partial charge is 0.297 e. The van der Waals surface area contributed by atoms with E-state index in [1.165, 1.54) is 6.42 Å². The summed E-state index contributed by atoms with van der Waals surface area (Å²) in [4.78, 5) is 19.4. The van der Waals surface area contributed by atoms with Crippen molar-refractivity contribution in [1.29, 1.82) is 0 Å². The van der Waals surface area contributed by atoms with E-state index in [2.05, 4.69) is 23.7 Å². The summed E-state index contributed by atoms with van der Waals surface area (Å²) in [6.07, 6.45) is 1.30. The molecule has 112 valence electrons. The van der Waals surface area contributed by atoms with Crippen LogP contribution in [0.4, 0.5) is 0 Å². The van der Waals surface area contributed by atoms with Crippen molar-refractivity contribution < 1.29 is 0 Å². The van der Waals surface area contributed by atoms with Gasteiger partial charge in [0.05, 0.1) is 5.69 Å². The highest BCUT2D eigenvalue weighted by atomic mass is 16.1. The summed E-state index contributed by atoms with van der Waals surface area (Å²) in [5.74, 6) is 1.44. The van der Waals surface area contributed by atoms with Crippen molar-refractivity contribution in [2.45, 2.75) is 33.7 Å². The Balaban J connectivity index is 1.90. The maximum Gasteiger partial charge on any atom is 0.258 e. The lowest BCUT2D eigenvalue weighted by molar-refractivity contribution is 0.133. The first-order chi connectivity index (χ1) is 10.0. The molecule has 1 saturated heterocycles. The van der Waals surface area contributed by atoms with Crippen LogP contribution in [0.5, 0.6) is 0 Å². The van der Waals surface area contributed by atoms with Gasteiger partial charge in [0, 0.05) is 31.4 Å². The van der Waals surface area contributed by atoms with E-state index in [0.29, 0.717) is 0 Å². The summed E-state index contributed by atoms with van der Waals surface area (Å²) >= 11 is 0. The molecule has 0 amide bonds. The zero-order chi connectivity index (χ0) is 15.0. The third-order valence-corrected chi connectivity index (χ3v) is 4.26. The molecule has 2 aromatic heterocycles. The Morgan fingerprint density at radius 3 is 2.67 bits per heavy atom. The van der Waals surface area contributed by atoms with E-state index < -0.39 is 0 Å². The Morgan fingerprint density at radius 1 is 1.24 bits per heavy atom. The number of rotatable bonds is 2. The van der Waals surface area contributed by atoms with Crippen LogP contribution in [0.1, 0.15) is 31.7 Å². The second kappa shape index (κ2) is 5.60. The summed E-state index contributed by atoms with van der Waals surface area (Å²) in [6, 6.07) is 7.47. The average molecular weight is 285 g/mol. The molecule has 3 heterocycles. The van der Waals surface area contributed by atoms with Crippen LogP contribution >= 0.6 is 0 Å². The van der Waals surface area contributed by atoms with Crippen LogP contribution in [0.25, 0.3) is 5.65 Å². The summed E-state index contributed by atoms with van der Waals surface area (Å²) in [7, 11) is 0. The van der Waals surface area contributed by atoms with Crippen molar-refractivity contribution in [3.8, 4) is 0 Å². The lowest BCUT2D eigenvalue weighted by Crippen LogP contribution is -2.38. The van der Waals surface area contributed by atoms with Crippen molar-refractivity contribution >= 4 is 5.65 Å². The quantitative estimate of drug-likeness (QED) is 0.850. The van der Waals surface area contributed by atoms with E-state index in [4.69, 9.17) is 0 Å². The molecule has 0 aliphatic carbocycles. The fourth-order valence-corrected chi connectivity index (χ4v) is 3.59. The molecule has 4 nitrogen and oxygen atoms in total. The average Bonchev–Trinajstić information content (AvgIpc) is 2.36. The predicted octanol–water partition coefficient (Wildman–Crippen LogP) is 2.48. The number of aryl methyl sites for hydroxylation is 1. The highest BCUT2D eigenvalue weighted by Gasteiger charge is 2.22. The maximum absolute atomic E-state index is 12.3. The van der Waals surface area contributed by atoms with Crippen LogP contribution in [0.3, 0.4) is 0 Å². The molecular formula is C17H23N3O. The smallest absolute Gasteiger partial charge is 0.258 e. The number of pyridine rings is 1. The van der Waals surface area contributed by atoms with Gasteiger partial charge in [0.1, 0.15) is 5.65 Å². The molecule has 2 aromatic rings. The van der Waals surface area contributed by atoms with E-state index in [9.17, 15) is 4.79 Å². The first-order valence-corrected chi connectivity index (χ1v) is 7.73. The van der Waals surface area contributed by atoms with Crippen molar-refractivity contribution in [3.63, 3.8) is 0 Å². The van der Waals surface area contributed by atoms with Gasteiger partial charge in [-0.05, 0) is 37.3 Å². The van der Waals surface area contributed by atoms with E-state index in [-0.39, 0.29) is 5.56 Å². The van der Waals surface area contributed by atoms with Gasteiger partial charge in [0.15, 0.2) is 0 Å². The topological polar surface area (TPSA) is 37.6 Å². The molecule has 0 N–H and O–H groups in total. The number of nitrogens with zero attached hydrogens (tertiary/aromatic N) is 3. The van der Waals surface area contributed by atoms with E-state index >= 15 is 0 Å². The van der Waals surface area contributed by atoms with E-state index in [1.807, 2.05) is 25.1 Å². The first kappa shape index (κ1) is 14.3. The Morgan fingerprint density at radius 2 is 1.95 bits per heavy atom. The molecule has 0 bridgehead atoms. The lowest BCUT2D eigenvalue weighted by atomic mass is 9.92. The molecule has 0 spiro atoms. The van der Waals surface area contributed by atoms with Gasteiger partial charge in [-0.1, -0.05) is 19.9 Å². The molecule has 4 heteroatoms. The molecule has 1 fully saturated rings. The molecule has 1 aliphatic heterocycles. The Hall–Kier alpha value is -1.68. The Kier molecular flexibility index (Phi) is 3.81. The van der Waals surface area contributed by atoms with Crippen LogP contribution in [0.15, 0.2) is 29.1 Å². The number of hydrogen-bond acceptors (Lipinski definition) is 3. The minimum atomic E-state index is 0.0196. The van der Waals surface area contributed by atoms with Gasteiger partial charge in [-0.3, -0.25) is 14.1 Å². The number of hydrogen-bond donors (Lipinski definition) is 0. The van der Waals surface area contributed by atoms with Gasteiger partial charge < -0.3 is 0 Å². The van der Waals surface area contributed by atoms with Gasteiger partial charge in [0.2, 0.25) is 0 Å². The minimum Gasteiger partial charge on any atom is -0.297 e. The zero-order valence-corrected chi connectivity index (χ0v) is 13.0. The third-order valence-electron chi connectivity index (χ3n) is 4.26. The highest BCUT2D eigenvalue weighted by Crippen LogP contribution is 2.22. The van der Waals surface area contributed by atoms with E-state index in [1.54, 1.807) is 10.5 Å². The van der Waals surface area contributed by atoms with Crippen LogP contribution in [0, 0.1) is 18.8 Å². The fourth-order valence-electron chi connectivity index (χ4n) is 3.59. The van der Waals surface area contributed by atoms with Gasteiger partial charge in [-0.2, -0.15) is 0 Å². The van der Waals surface area contributed by atoms with Gasteiger partial charge in [-0.25, -0.2) is 4.98 Å². The molecular weight excluding hydrogens is 262 g/mol. The second-order valence-corrected chi connectivity index (χ2v) is 6.59. The summed E-state index contributed by atoms with van der Waals surface area (Å²) in [6.45, 7) is 9.50. The molecule has 0 radical (unpaired) electrons. The maximum atomic E-state index is 12.3. The molecule has 0 saturated carbocycles. The third kappa shape index (κ3) is 3.00. The monoisotopic (exact) mass is 285 g/mol. The molecule has 0 unspecified atom stereocenters. The van der Waals surface area contributed by atoms with Crippen LogP contribution < -0.4 is 5.56 Å². The number of aromatic nitrogens is 2. The SMILES string of the molecule is Cc1cccc2nc(CN3C[C@H](C)C[C@@H](C)C3)cc(=O)n12. The molecule has 1 aliphatic rings. The van der Waals surface area contributed by atoms with Crippen molar-refractivity contribution in [2.75, 3.05) is 13.1 Å². The Bertz CT molecular complexity index is 697. The summed E-state index contributed by atoms with van der Waals surface area (Å²) in [5.41, 5.74) is 2.57. The van der Waals surface area contributed by atoms with Crippen LogP contribution in [-0.4, -0.2) is 27.4 Å². The predicted molar refractivity (Wildman–Crippen MR) is 84.4 cm³/mol. The van der Waals surface area contributed by atoms with Gasteiger partial charge in [0.25, 0.3) is 5.56 Å². The second-order valence-electron chi connectivity index (χ2n) is 6.59. The fraction of sp³-hybridized carbons (Fsp3) is 0.529. The van der Waals surface area contributed by atoms with E-state index in [0.717, 1.165) is 48.5 Å². The molecule has 21 heavy (non-hydrogen) atoms. The minimum absolute atomic E-state index is 0.0196. The van der Waals surface area contributed by atoms with Gasteiger partial charge in [-0.15, -0.1) is 0 Å². The Labute approximate surface area is 125 Å². The highest BCUT2D eigenvalue weighted by molar-refractivity contribution is 5.40. The first-order valence-electron chi connectivity index (χ1n) is 7.73. The van der Waals surface area contributed by atoms with Crippen LogP contribution in [0.2, 0.25) is 0 Å². The molecule has 3 rings (SSSR count). The van der Waals surface area contributed by atoms with Gasteiger partial charge >= 0.3 is 0 Å². The van der Waals surface area contributed by atoms with Crippen molar-refractivity contribution in [2.24, 2.45) is 11.8 Å². The normalized spacial score (nSPS) is 23.6. The zero-order valence-electron chi connectivity index (χ0n) is 13.0. The summed E-state index contributed by atoms with van der Waals surface area (Å²) in [5, 5.41) is 0. The number of piperidine rings is 1. The summed E-state index contributed by atoms with van der Waals surface area (Å²) < 4.78 is 1.67. The molecule has 2 atom stereocenters. The van der Waals surface area contributed by atoms with Crippen LogP contribution in [-0.2, 0) is 6.54 Å². The van der Waals surface area contributed by atoms with Crippen molar-refractivity contribution in [1.82, 2.24) is 14.3 Å². The number of likely N-dealkylation sites (tertiary alicyclic amines) is 1. The molecule has 0 aromatic carbocycles. The standard InChI is InChI=1S/C17H23N3O/c1-12-7-13(2)10-19(9-12)11-15-8-17(21)20-14(3)5-4-6-16(20)18-15/h4-6,8,12-13H,7,9-11H2,1-3H3/t12-,13-/m1/s1. The lowest BCUT2D eigenvalue weighted by Gasteiger charge is -2.34.